The van der Waals surface area contributed by atoms with E-state index in [9.17, 15) is 0 Å². The molecule has 3 nitrogen and oxygen atoms in total. The second-order valence-corrected chi connectivity index (χ2v) is 5.09. The summed E-state index contributed by atoms with van der Waals surface area (Å²) in [5.74, 6) is 0.608. The van der Waals surface area contributed by atoms with Gasteiger partial charge in [0.1, 0.15) is 0 Å². The van der Waals surface area contributed by atoms with Gasteiger partial charge in [-0.3, -0.25) is 9.89 Å². The van der Waals surface area contributed by atoms with E-state index in [1.807, 2.05) is 0 Å². The van der Waals surface area contributed by atoms with Gasteiger partial charge in [0.15, 0.2) is 0 Å². The normalized spacial score (nSPS) is 23.2. The van der Waals surface area contributed by atoms with Crippen molar-refractivity contribution in [2.75, 3.05) is 32.7 Å². The van der Waals surface area contributed by atoms with Crippen LogP contribution in [-0.4, -0.2) is 43.3 Å². The smallest absolute Gasteiger partial charge is 0.0272 e. The Balaban J connectivity index is 1.86. The maximum Gasteiger partial charge on any atom is 0.0272 e. The van der Waals surface area contributed by atoms with Gasteiger partial charge in [-0.1, -0.05) is 13.8 Å². The summed E-state index contributed by atoms with van der Waals surface area (Å²) in [6, 6.07) is 0. The summed E-state index contributed by atoms with van der Waals surface area (Å²) in [5.41, 5.74) is 2.87. The molecule has 2 aliphatic rings. The molecule has 16 heavy (non-hydrogen) atoms. The standard InChI is InChI=1S/C13H23N3/c1-11(2)13-4-3-12(9-15-13)10-16-7-5-14-6-8-16/h9,11,14H,3-8,10H2,1-2H3. The molecule has 0 atom stereocenters. The number of nitrogens with one attached hydrogen (secondary N) is 1. The van der Waals surface area contributed by atoms with Crippen LogP contribution < -0.4 is 5.32 Å². The molecular formula is C13H23N3. The number of hydrogen-bond acceptors (Lipinski definition) is 3. The molecule has 1 N–H and O–H groups in total. The average molecular weight is 221 g/mol. The highest BCUT2D eigenvalue weighted by Gasteiger charge is 2.15. The fourth-order valence-corrected chi connectivity index (χ4v) is 2.31. The maximum atomic E-state index is 4.59. The zero-order valence-corrected chi connectivity index (χ0v) is 10.5. The number of rotatable bonds is 3. The molecule has 0 bridgehead atoms. The first-order valence-electron chi connectivity index (χ1n) is 6.43. The van der Waals surface area contributed by atoms with Gasteiger partial charge in [-0.25, -0.2) is 0 Å². The number of nitrogens with zero attached hydrogens (tertiary/aromatic N) is 2. The van der Waals surface area contributed by atoms with Crippen LogP contribution in [0, 0.1) is 5.92 Å². The number of hydrogen-bond donors (Lipinski definition) is 1. The van der Waals surface area contributed by atoms with Gasteiger partial charge in [-0.05, 0) is 24.3 Å². The molecule has 1 saturated heterocycles. The van der Waals surface area contributed by atoms with Crippen molar-refractivity contribution in [2.24, 2.45) is 10.9 Å². The molecule has 90 valence electrons. The predicted molar refractivity (Wildman–Crippen MR) is 68.9 cm³/mol. The van der Waals surface area contributed by atoms with Crippen LogP contribution in [0.2, 0.25) is 0 Å². The van der Waals surface area contributed by atoms with Crippen molar-refractivity contribution in [2.45, 2.75) is 26.7 Å². The van der Waals surface area contributed by atoms with Crippen molar-refractivity contribution in [3.05, 3.63) is 11.8 Å². The summed E-state index contributed by atoms with van der Waals surface area (Å²) in [7, 11) is 0. The molecule has 0 aromatic rings. The summed E-state index contributed by atoms with van der Waals surface area (Å²) in [6.45, 7) is 10.2. The Kier molecular flexibility index (Phi) is 4.13. The number of aliphatic imine (C=N–C) groups is 1. The van der Waals surface area contributed by atoms with Crippen LogP contribution >= 0.6 is 0 Å². The van der Waals surface area contributed by atoms with Crippen molar-refractivity contribution in [1.29, 1.82) is 0 Å². The van der Waals surface area contributed by atoms with Gasteiger partial charge in [0.2, 0.25) is 0 Å². The summed E-state index contributed by atoms with van der Waals surface area (Å²) in [4.78, 5) is 7.11. The molecule has 2 heterocycles. The zero-order chi connectivity index (χ0) is 11.4. The summed E-state index contributed by atoms with van der Waals surface area (Å²) >= 11 is 0. The molecule has 0 aliphatic carbocycles. The molecule has 0 saturated carbocycles. The fraction of sp³-hybridized carbons (Fsp3) is 0.769. The zero-order valence-electron chi connectivity index (χ0n) is 10.5. The Morgan fingerprint density at radius 1 is 1.31 bits per heavy atom. The molecule has 0 aromatic heterocycles. The quantitative estimate of drug-likeness (QED) is 0.785. The van der Waals surface area contributed by atoms with Gasteiger partial charge in [-0.15, -0.1) is 0 Å². The molecule has 0 spiro atoms. The van der Waals surface area contributed by atoms with E-state index >= 15 is 0 Å². The van der Waals surface area contributed by atoms with E-state index in [1.165, 1.54) is 30.8 Å². The van der Waals surface area contributed by atoms with Gasteiger partial charge in [-0.2, -0.15) is 0 Å². The van der Waals surface area contributed by atoms with E-state index in [-0.39, 0.29) is 0 Å². The second-order valence-electron chi connectivity index (χ2n) is 5.09. The van der Waals surface area contributed by atoms with E-state index in [1.54, 1.807) is 0 Å². The first-order chi connectivity index (χ1) is 7.75. The first-order valence-corrected chi connectivity index (χ1v) is 6.43. The third-order valence-corrected chi connectivity index (χ3v) is 3.42. The van der Waals surface area contributed by atoms with Crippen molar-refractivity contribution in [1.82, 2.24) is 10.2 Å². The van der Waals surface area contributed by atoms with E-state index in [2.05, 4.69) is 35.3 Å². The SMILES string of the molecule is CC(C)C1=NC=C(CN2CCNCC2)CC1. The highest BCUT2D eigenvalue weighted by molar-refractivity contribution is 5.87. The van der Waals surface area contributed by atoms with Crippen LogP contribution in [0.15, 0.2) is 16.8 Å². The second kappa shape index (κ2) is 5.60. The number of piperazine rings is 1. The van der Waals surface area contributed by atoms with Crippen LogP contribution in [-0.2, 0) is 0 Å². The maximum absolute atomic E-state index is 4.59. The van der Waals surface area contributed by atoms with Crippen LogP contribution in [0.4, 0.5) is 0 Å². The Labute approximate surface area is 98.6 Å². The molecule has 0 aromatic carbocycles. The van der Waals surface area contributed by atoms with Crippen molar-refractivity contribution in [3.63, 3.8) is 0 Å². The third kappa shape index (κ3) is 3.16. The first kappa shape index (κ1) is 11.8. The minimum atomic E-state index is 0.608. The third-order valence-electron chi connectivity index (χ3n) is 3.42. The summed E-state index contributed by atoms with van der Waals surface area (Å²) < 4.78 is 0. The minimum Gasteiger partial charge on any atom is -0.314 e. The van der Waals surface area contributed by atoms with E-state index in [4.69, 9.17) is 0 Å². The Bertz CT molecular complexity index is 286. The fourth-order valence-electron chi connectivity index (χ4n) is 2.31. The van der Waals surface area contributed by atoms with Gasteiger partial charge in [0.25, 0.3) is 0 Å². The predicted octanol–water partition coefficient (Wildman–Crippen LogP) is 1.67. The van der Waals surface area contributed by atoms with Crippen LogP contribution in [0.25, 0.3) is 0 Å². The highest BCUT2D eigenvalue weighted by Crippen LogP contribution is 2.17. The molecule has 0 unspecified atom stereocenters. The van der Waals surface area contributed by atoms with Crippen molar-refractivity contribution < 1.29 is 0 Å². The Morgan fingerprint density at radius 3 is 2.62 bits per heavy atom. The van der Waals surface area contributed by atoms with Gasteiger partial charge in [0, 0.05) is 44.6 Å². The average Bonchev–Trinajstić information content (AvgIpc) is 2.31. The van der Waals surface area contributed by atoms with Crippen LogP contribution in [0.3, 0.4) is 0 Å². The van der Waals surface area contributed by atoms with E-state index < -0.39 is 0 Å². The Morgan fingerprint density at radius 2 is 2.06 bits per heavy atom. The van der Waals surface area contributed by atoms with Gasteiger partial charge in [0.05, 0.1) is 0 Å². The van der Waals surface area contributed by atoms with E-state index in [0.29, 0.717) is 5.92 Å². The molecule has 2 rings (SSSR count). The molecule has 2 aliphatic heterocycles. The van der Waals surface area contributed by atoms with Crippen molar-refractivity contribution in [3.8, 4) is 0 Å². The van der Waals surface area contributed by atoms with Crippen LogP contribution in [0.5, 0.6) is 0 Å². The highest BCUT2D eigenvalue weighted by atomic mass is 15.2. The van der Waals surface area contributed by atoms with Gasteiger partial charge >= 0.3 is 0 Å². The molecule has 0 radical (unpaired) electrons. The monoisotopic (exact) mass is 221 g/mol. The lowest BCUT2D eigenvalue weighted by Crippen LogP contribution is -2.44. The van der Waals surface area contributed by atoms with E-state index in [0.717, 1.165) is 26.1 Å². The molecular weight excluding hydrogens is 198 g/mol. The summed E-state index contributed by atoms with van der Waals surface area (Å²) in [6.07, 6.45) is 4.48. The molecule has 0 amide bonds. The lowest BCUT2D eigenvalue weighted by atomic mass is 9.98. The minimum absolute atomic E-state index is 0.608. The molecule has 3 heteroatoms. The van der Waals surface area contributed by atoms with Crippen LogP contribution in [0.1, 0.15) is 26.7 Å². The largest absolute Gasteiger partial charge is 0.314 e. The topological polar surface area (TPSA) is 27.6 Å². The molecule has 1 fully saturated rings. The lowest BCUT2D eigenvalue weighted by Gasteiger charge is -2.28. The Hall–Kier alpha value is -0.670. The van der Waals surface area contributed by atoms with Crippen molar-refractivity contribution >= 4 is 5.71 Å². The van der Waals surface area contributed by atoms with Gasteiger partial charge < -0.3 is 5.32 Å². The summed E-state index contributed by atoms with van der Waals surface area (Å²) in [5, 5.41) is 3.39. The lowest BCUT2D eigenvalue weighted by molar-refractivity contribution is 0.257.